The summed E-state index contributed by atoms with van der Waals surface area (Å²) in [6.07, 6.45) is 3.62. The standard InChI is InChI=1S/C22H27FN4O3/c1-3-28-18-12-15(13-19(20(18)23)29-4-2)14-27-10-7-16(8-11-27)25-22-26-17-6-5-9-24-21(17)30-22/h5-6,9,12-13,16H,3-4,7-8,10-11,14H2,1-2H3,(H,25,26). The van der Waals surface area contributed by atoms with Gasteiger partial charge in [-0.15, -0.1) is 0 Å². The maximum atomic E-state index is 14.4. The first-order chi connectivity index (χ1) is 14.7. The van der Waals surface area contributed by atoms with E-state index < -0.39 is 5.82 Å². The lowest BCUT2D eigenvalue weighted by molar-refractivity contribution is 0.209. The Labute approximate surface area is 175 Å². The Morgan fingerprint density at radius 2 is 1.87 bits per heavy atom. The number of pyridine rings is 1. The van der Waals surface area contributed by atoms with Gasteiger partial charge in [0.15, 0.2) is 11.5 Å². The smallest absolute Gasteiger partial charge is 0.297 e. The van der Waals surface area contributed by atoms with E-state index in [9.17, 15) is 4.39 Å². The van der Waals surface area contributed by atoms with Crippen LogP contribution in [0, 0.1) is 5.82 Å². The van der Waals surface area contributed by atoms with Crippen LogP contribution < -0.4 is 14.8 Å². The highest BCUT2D eigenvalue weighted by Gasteiger charge is 2.22. The highest BCUT2D eigenvalue weighted by atomic mass is 19.1. The molecule has 1 N–H and O–H groups in total. The van der Waals surface area contributed by atoms with Gasteiger partial charge in [0.1, 0.15) is 5.52 Å². The van der Waals surface area contributed by atoms with E-state index in [4.69, 9.17) is 13.9 Å². The highest BCUT2D eigenvalue weighted by Crippen LogP contribution is 2.30. The van der Waals surface area contributed by atoms with Gasteiger partial charge in [0.25, 0.3) is 6.01 Å². The van der Waals surface area contributed by atoms with Crippen LogP contribution in [0.15, 0.2) is 34.9 Å². The Morgan fingerprint density at radius 3 is 2.50 bits per heavy atom. The van der Waals surface area contributed by atoms with Crippen molar-refractivity contribution in [2.75, 3.05) is 31.6 Å². The van der Waals surface area contributed by atoms with Gasteiger partial charge in [-0.3, -0.25) is 4.90 Å². The second-order valence-corrected chi connectivity index (χ2v) is 7.31. The van der Waals surface area contributed by atoms with Crippen molar-refractivity contribution in [2.45, 2.75) is 39.3 Å². The van der Waals surface area contributed by atoms with E-state index in [1.165, 1.54) is 0 Å². The molecule has 3 aromatic rings. The number of rotatable bonds is 8. The molecule has 1 fully saturated rings. The molecule has 1 aliphatic rings. The Bertz CT molecular complexity index is 925. The summed E-state index contributed by atoms with van der Waals surface area (Å²) in [6.45, 7) is 7.07. The average molecular weight is 414 g/mol. The van der Waals surface area contributed by atoms with E-state index in [0.717, 1.165) is 43.6 Å². The minimum atomic E-state index is -0.432. The van der Waals surface area contributed by atoms with E-state index in [1.807, 2.05) is 26.0 Å². The summed E-state index contributed by atoms with van der Waals surface area (Å²) >= 11 is 0. The third kappa shape index (κ3) is 4.64. The normalized spacial score (nSPS) is 15.4. The molecule has 0 saturated carbocycles. The fourth-order valence-electron chi connectivity index (χ4n) is 3.74. The largest absolute Gasteiger partial charge is 0.491 e. The zero-order chi connectivity index (χ0) is 20.9. The van der Waals surface area contributed by atoms with Gasteiger partial charge >= 0.3 is 0 Å². The molecule has 30 heavy (non-hydrogen) atoms. The van der Waals surface area contributed by atoms with Gasteiger partial charge in [0.2, 0.25) is 11.5 Å². The summed E-state index contributed by atoms with van der Waals surface area (Å²) in [4.78, 5) is 11.0. The zero-order valence-corrected chi connectivity index (χ0v) is 17.4. The molecule has 0 amide bonds. The number of halogens is 1. The fourth-order valence-corrected chi connectivity index (χ4v) is 3.74. The SMILES string of the molecule is CCOc1cc(CN2CCC(Nc3nc4cccnc4o3)CC2)cc(OCC)c1F. The van der Waals surface area contributed by atoms with Gasteiger partial charge in [-0.2, -0.15) is 9.37 Å². The minimum absolute atomic E-state index is 0.250. The Morgan fingerprint density at radius 1 is 1.17 bits per heavy atom. The number of hydrogen-bond acceptors (Lipinski definition) is 7. The van der Waals surface area contributed by atoms with Crippen LogP contribution in [-0.2, 0) is 6.54 Å². The number of piperidine rings is 1. The molecule has 0 radical (unpaired) electrons. The molecule has 0 atom stereocenters. The zero-order valence-electron chi connectivity index (χ0n) is 17.4. The third-order valence-electron chi connectivity index (χ3n) is 5.15. The molecule has 160 valence electrons. The molecule has 0 unspecified atom stereocenters. The Kier molecular flexibility index (Phi) is 6.32. The van der Waals surface area contributed by atoms with Crippen LogP contribution in [0.3, 0.4) is 0 Å². The number of aromatic nitrogens is 2. The van der Waals surface area contributed by atoms with Gasteiger partial charge in [-0.1, -0.05) is 0 Å². The van der Waals surface area contributed by atoms with Gasteiger partial charge < -0.3 is 19.2 Å². The predicted molar refractivity (Wildman–Crippen MR) is 112 cm³/mol. The number of likely N-dealkylation sites (tertiary alicyclic amines) is 1. The molecule has 0 bridgehead atoms. The van der Waals surface area contributed by atoms with Crippen LogP contribution in [0.2, 0.25) is 0 Å². The van der Waals surface area contributed by atoms with Crippen molar-refractivity contribution in [3.8, 4) is 11.5 Å². The van der Waals surface area contributed by atoms with Crippen LogP contribution in [0.1, 0.15) is 32.3 Å². The first kappa shape index (κ1) is 20.4. The summed E-state index contributed by atoms with van der Waals surface area (Å²) in [5.74, 6) is 0.0670. The number of benzene rings is 1. The van der Waals surface area contributed by atoms with Crippen LogP contribution in [0.5, 0.6) is 11.5 Å². The second-order valence-electron chi connectivity index (χ2n) is 7.31. The molecule has 0 aliphatic carbocycles. The summed E-state index contributed by atoms with van der Waals surface area (Å²) < 4.78 is 31.0. The number of fused-ring (bicyclic) bond motifs is 1. The maximum absolute atomic E-state index is 14.4. The van der Waals surface area contributed by atoms with Crippen LogP contribution >= 0.6 is 0 Å². The van der Waals surface area contributed by atoms with Gasteiger partial charge in [0, 0.05) is 31.9 Å². The molecule has 0 spiro atoms. The first-order valence-corrected chi connectivity index (χ1v) is 10.4. The number of hydrogen-bond donors (Lipinski definition) is 1. The number of ether oxygens (including phenoxy) is 2. The maximum Gasteiger partial charge on any atom is 0.297 e. The van der Waals surface area contributed by atoms with Crippen molar-refractivity contribution in [1.82, 2.24) is 14.9 Å². The molecular formula is C22H27FN4O3. The first-order valence-electron chi connectivity index (χ1n) is 10.4. The molecule has 2 aromatic heterocycles. The van der Waals surface area contributed by atoms with Crippen molar-refractivity contribution in [3.63, 3.8) is 0 Å². The van der Waals surface area contributed by atoms with E-state index in [1.54, 1.807) is 18.3 Å². The lowest BCUT2D eigenvalue weighted by Gasteiger charge is -2.32. The molecule has 1 aliphatic heterocycles. The highest BCUT2D eigenvalue weighted by molar-refractivity contribution is 5.69. The fraction of sp³-hybridized carbons (Fsp3) is 0.455. The van der Waals surface area contributed by atoms with Gasteiger partial charge in [-0.25, -0.2) is 4.98 Å². The topological polar surface area (TPSA) is 72.7 Å². The van der Waals surface area contributed by atoms with E-state index in [2.05, 4.69) is 20.2 Å². The molecule has 4 rings (SSSR count). The monoisotopic (exact) mass is 414 g/mol. The number of nitrogens with one attached hydrogen (secondary N) is 1. The summed E-state index contributed by atoms with van der Waals surface area (Å²) in [5.41, 5.74) is 2.28. The number of anilines is 1. The van der Waals surface area contributed by atoms with Crippen molar-refractivity contribution in [2.24, 2.45) is 0 Å². The van der Waals surface area contributed by atoms with Crippen LogP contribution in [-0.4, -0.2) is 47.2 Å². The van der Waals surface area contributed by atoms with Crippen molar-refractivity contribution in [3.05, 3.63) is 41.8 Å². The number of nitrogens with zero attached hydrogens (tertiary/aromatic N) is 3. The summed E-state index contributed by atoms with van der Waals surface area (Å²) in [5, 5.41) is 3.38. The second kappa shape index (κ2) is 9.30. The molecule has 8 heteroatoms. The minimum Gasteiger partial charge on any atom is -0.491 e. The van der Waals surface area contributed by atoms with Crippen LogP contribution in [0.4, 0.5) is 10.4 Å². The predicted octanol–water partition coefficient (Wildman–Crippen LogP) is 4.24. The Balaban J connectivity index is 1.36. The quantitative estimate of drug-likeness (QED) is 0.591. The van der Waals surface area contributed by atoms with Crippen molar-refractivity contribution >= 4 is 17.2 Å². The van der Waals surface area contributed by atoms with Gasteiger partial charge in [-0.05, 0) is 56.5 Å². The van der Waals surface area contributed by atoms with Crippen molar-refractivity contribution in [1.29, 1.82) is 0 Å². The summed E-state index contributed by atoms with van der Waals surface area (Å²) in [7, 11) is 0. The third-order valence-corrected chi connectivity index (χ3v) is 5.15. The molecule has 1 aromatic carbocycles. The Hall–Kier alpha value is -2.87. The average Bonchev–Trinajstić information content (AvgIpc) is 3.15. The number of oxazole rings is 1. The molecule has 3 heterocycles. The van der Waals surface area contributed by atoms with E-state index >= 15 is 0 Å². The molecular weight excluding hydrogens is 387 g/mol. The van der Waals surface area contributed by atoms with E-state index in [-0.39, 0.29) is 11.5 Å². The lowest BCUT2D eigenvalue weighted by Crippen LogP contribution is -2.38. The molecule has 7 nitrogen and oxygen atoms in total. The summed E-state index contributed by atoms with van der Waals surface area (Å²) in [6, 6.07) is 8.09. The van der Waals surface area contributed by atoms with Crippen LogP contribution in [0.25, 0.3) is 11.2 Å². The van der Waals surface area contributed by atoms with Crippen molar-refractivity contribution < 1.29 is 18.3 Å². The van der Waals surface area contributed by atoms with Gasteiger partial charge in [0.05, 0.1) is 13.2 Å². The lowest BCUT2D eigenvalue weighted by atomic mass is 10.0. The van der Waals surface area contributed by atoms with E-state index in [0.29, 0.717) is 31.0 Å². The molecule has 1 saturated heterocycles.